The number of pyridine rings is 1. The SMILES string of the molecule is CC(C)(C)c1cccc(-c2cccc3c2[N@@+]2(c4cc(C(C)(C)C)cc(C(C)(C)C)c4)[CH-][N@+]3(c3[c-]c(Oc4[c-]c5c(c(F)c4)c4ccccc4n5-c4cc(C(C)(C)C)ccn4)ccc3)C2)c1.[Pt]. The number of nitrogens with zero attached hydrogens (tertiary/aromatic N) is 4. The zero-order chi connectivity index (χ0) is 46.1. The van der Waals surface area contributed by atoms with Gasteiger partial charge < -0.3 is 13.8 Å². The minimum atomic E-state index is -0.379. The Morgan fingerprint density at radius 3 is 1.94 bits per heavy atom. The molecule has 0 radical (unpaired) electrons. The van der Waals surface area contributed by atoms with Crippen LogP contribution in [0.15, 0.2) is 128 Å². The van der Waals surface area contributed by atoms with Crippen molar-refractivity contribution in [1.29, 1.82) is 0 Å². The largest absolute Gasteiger partial charge is 0.509 e. The number of aromatic nitrogens is 2. The van der Waals surface area contributed by atoms with Crippen LogP contribution in [0.25, 0.3) is 38.8 Å². The monoisotopic (exact) mass is 1050 g/mol. The second kappa shape index (κ2) is 15.6. The maximum atomic E-state index is 16.6. The van der Waals surface area contributed by atoms with E-state index >= 15 is 4.39 Å². The predicted octanol–water partition coefficient (Wildman–Crippen LogP) is 15.9. The summed E-state index contributed by atoms with van der Waals surface area (Å²) in [6.45, 7) is 30.4. The van der Waals surface area contributed by atoms with Gasteiger partial charge in [0.2, 0.25) is 0 Å². The number of rotatable bonds is 6. The van der Waals surface area contributed by atoms with Crippen molar-refractivity contribution in [1.82, 2.24) is 18.5 Å². The van der Waals surface area contributed by atoms with Crippen molar-refractivity contribution < 1.29 is 30.2 Å². The van der Waals surface area contributed by atoms with Crippen molar-refractivity contribution in [2.24, 2.45) is 0 Å². The summed E-state index contributed by atoms with van der Waals surface area (Å²) in [5, 5.41) is 1.28. The van der Waals surface area contributed by atoms with E-state index < -0.39 is 0 Å². The van der Waals surface area contributed by atoms with E-state index in [4.69, 9.17) is 9.72 Å². The van der Waals surface area contributed by atoms with Crippen molar-refractivity contribution in [3.05, 3.63) is 174 Å². The molecule has 340 valence electrons. The third-order valence-electron chi connectivity index (χ3n) is 13.7. The van der Waals surface area contributed by atoms with Gasteiger partial charge in [-0.1, -0.05) is 161 Å². The van der Waals surface area contributed by atoms with E-state index in [1.165, 1.54) is 50.9 Å². The van der Waals surface area contributed by atoms with Gasteiger partial charge in [0, 0.05) is 79.5 Å². The molecule has 0 saturated carbocycles. The Hall–Kier alpha value is -5.39. The molecular weight excluding hydrogens is 995 g/mol. The van der Waals surface area contributed by atoms with Crippen LogP contribution in [0.3, 0.4) is 0 Å². The summed E-state index contributed by atoms with van der Waals surface area (Å²) in [6.07, 6.45) is 1.83. The molecular formula is C59H60FN4OPt-. The van der Waals surface area contributed by atoms with E-state index in [9.17, 15) is 0 Å². The van der Waals surface area contributed by atoms with Crippen molar-refractivity contribution >= 4 is 44.6 Å². The van der Waals surface area contributed by atoms with Gasteiger partial charge in [-0.05, 0) is 79.1 Å². The molecule has 2 aromatic heterocycles. The Labute approximate surface area is 405 Å². The van der Waals surface area contributed by atoms with Gasteiger partial charge in [0.15, 0.2) is 18.0 Å². The van der Waals surface area contributed by atoms with Crippen molar-refractivity contribution in [2.45, 2.75) is 105 Å². The van der Waals surface area contributed by atoms with Crippen LogP contribution >= 0.6 is 0 Å². The number of ether oxygens (including phenoxy) is 1. The van der Waals surface area contributed by atoms with Gasteiger partial charge in [0.05, 0.1) is 6.67 Å². The van der Waals surface area contributed by atoms with Crippen LogP contribution < -0.4 is 13.7 Å². The van der Waals surface area contributed by atoms with Crippen LogP contribution in [0, 0.1) is 24.6 Å². The van der Waals surface area contributed by atoms with Gasteiger partial charge in [-0.15, -0.1) is 18.2 Å². The molecule has 2 bridgehead atoms. The molecule has 66 heavy (non-hydrogen) atoms. The zero-order valence-electron chi connectivity index (χ0n) is 40.3. The van der Waals surface area contributed by atoms with Crippen molar-refractivity contribution in [2.75, 3.05) is 6.67 Å². The first-order valence-corrected chi connectivity index (χ1v) is 22.9. The Balaban J connectivity index is 0.00000548. The third kappa shape index (κ3) is 7.45. The predicted molar refractivity (Wildman–Crippen MR) is 268 cm³/mol. The molecule has 11 rings (SSSR count). The van der Waals surface area contributed by atoms with E-state index in [2.05, 4.69) is 175 Å². The molecule has 0 spiro atoms. The maximum Gasteiger partial charge on any atom is 0.187 e. The number of quaternary nitrogens is 2. The zero-order valence-corrected chi connectivity index (χ0v) is 42.6. The summed E-state index contributed by atoms with van der Waals surface area (Å²) < 4.78 is 26.3. The maximum absolute atomic E-state index is 16.6. The summed E-state index contributed by atoms with van der Waals surface area (Å²) in [7, 11) is 0. The molecule has 1 fully saturated rings. The van der Waals surface area contributed by atoms with Gasteiger partial charge in [0.1, 0.15) is 11.5 Å². The summed E-state index contributed by atoms with van der Waals surface area (Å²) in [5.74, 6) is 1.09. The van der Waals surface area contributed by atoms with E-state index in [0.29, 0.717) is 31.4 Å². The van der Waals surface area contributed by atoms with Gasteiger partial charge >= 0.3 is 0 Å². The number of para-hydroxylation sites is 2. The van der Waals surface area contributed by atoms with Gasteiger partial charge in [-0.2, -0.15) is 6.07 Å². The summed E-state index contributed by atoms with van der Waals surface area (Å²) in [4.78, 5) is 4.79. The minimum Gasteiger partial charge on any atom is -0.509 e. The van der Waals surface area contributed by atoms with E-state index in [0.717, 1.165) is 28.8 Å². The Kier molecular flexibility index (Phi) is 10.8. The molecule has 3 aliphatic rings. The van der Waals surface area contributed by atoms with Gasteiger partial charge in [0.25, 0.3) is 0 Å². The number of benzene rings is 6. The van der Waals surface area contributed by atoms with Gasteiger partial charge in [-0.3, -0.25) is 4.48 Å². The number of hydrogen-bond acceptors (Lipinski definition) is 2. The van der Waals surface area contributed by atoms with E-state index in [1.54, 1.807) is 0 Å². The Morgan fingerprint density at radius 2 is 1.26 bits per heavy atom. The quantitative estimate of drug-likeness (QED) is 0.123. The molecule has 1 saturated heterocycles. The molecule has 7 heteroatoms. The standard InChI is InChI=1S/C59H60FN4O.Pt/c1-56(2,3)39-19-15-18-38(28-39)47-23-17-25-52-55(47)64(44-30-41(58(7,8)9)29-42(31-44)59(10,11)12)36-63(52,37-64)43-20-16-21-45(33-43)65-46-34-49(60)54-48-22-13-14-24-50(48)62(51(54)35-46)53-32-40(26-27-61-53)57(4,5)6;/h13-32,34,36H,37H2,1-12H3;/q-1;/t63-,64+;/m1./s1. The average molecular weight is 1060 g/mol. The molecule has 2 atom stereocenters. The van der Waals surface area contributed by atoms with Crippen LogP contribution in [-0.2, 0) is 42.7 Å². The number of fused-ring (bicyclic) bond motifs is 3. The first kappa shape index (κ1) is 45.8. The van der Waals surface area contributed by atoms with Crippen LogP contribution in [0.4, 0.5) is 27.1 Å². The topological polar surface area (TPSA) is 27.1 Å². The molecule has 3 aliphatic heterocycles. The second-order valence-electron chi connectivity index (χ2n) is 22.5. The Morgan fingerprint density at radius 1 is 0.621 bits per heavy atom. The molecule has 0 amide bonds. The van der Waals surface area contributed by atoms with Crippen LogP contribution in [0.5, 0.6) is 11.5 Å². The molecule has 6 aromatic carbocycles. The molecule has 5 heterocycles. The smallest absolute Gasteiger partial charge is 0.187 e. The fraction of sp³-hybridized carbons (Fsp3) is 0.288. The first-order chi connectivity index (χ1) is 30.6. The van der Waals surface area contributed by atoms with Crippen molar-refractivity contribution in [3.8, 4) is 28.4 Å². The average Bonchev–Trinajstić information content (AvgIpc) is 3.84. The molecule has 0 N–H and O–H groups in total. The minimum absolute atomic E-state index is 0. The summed E-state index contributed by atoms with van der Waals surface area (Å²) in [5.41, 5.74) is 13.5. The molecule has 0 aliphatic carbocycles. The fourth-order valence-electron chi connectivity index (χ4n) is 9.93. The third-order valence-corrected chi connectivity index (χ3v) is 13.7. The number of halogens is 1. The number of hydrogen-bond donors (Lipinski definition) is 0. The summed E-state index contributed by atoms with van der Waals surface area (Å²) >= 11 is 0. The first-order valence-electron chi connectivity index (χ1n) is 22.9. The van der Waals surface area contributed by atoms with E-state index in [1.807, 2.05) is 53.2 Å². The van der Waals surface area contributed by atoms with E-state index in [-0.39, 0.29) is 54.3 Å². The van der Waals surface area contributed by atoms with Crippen LogP contribution in [-0.4, -0.2) is 16.2 Å². The molecule has 5 nitrogen and oxygen atoms in total. The molecule has 8 aromatic rings. The van der Waals surface area contributed by atoms with Crippen LogP contribution in [0.2, 0.25) is 0 Å². The second-order valence-corrected chi connectivity index (χ2v) is 22.5. The Bertz CT molecular complexity index is 3170. The fourth-order valence-corrected chi connectivity index (χ4v) is 9.93. The molecule has 0 unspecified atom stereocenters. The van der Waals surface area contributed by atoms with Crippen molar-refractivity contribution in [3.63, 3.8) is 0 Å². The van der Waals surface area contributed by atoms with Gasteiger partial charge in [-0.25, -0.2) is 9.37 Å². The normalized spacial score (nSPS) is 18.3. The van der Waals surface area contributed by atoms with Crippen LogP contribution in [0.1, 0.15) is 105 Å². The summed E-state index contributed by atoms with van der Waals surface area (Å²) in [6, 6.07) is 49.8.